The summed E-state index contributed by atoms with van der Waals surface area (Å²) in [6.45, 7) is -0.358. The summed E-state index contributed by atoms with van der Waals surface area (Å²) in [4.78, 5) is 35.4. The van der Waals surface area contributed by atoms with E-state index in [0.717, 1.165) is 4.57 Å². The minimum absolute atomic E-state index is 0.358. The summed E-state index contributed by atoms with van der Waals surface area (Å²) in [5.74, 6) is -0.481. The number of aryl methyl sites for hydroxylation is 1. The third-order valence-electron chi connectivity index (χ3n) is 2.81. The van der Waals surface area contributed by atoms with Crippen LogP contribution in [-0.4, -0.2) is 15.0 Å². The van der Waals surface area contributed by atoms with E-state index < -0.39 is 17.2 Å². The highest BCUT2D eigenvalue weighted by molar-refractivity contribution is 9.10. The number of anilines is 2. The first kappa shape index (κ1) is 15.0. The highest BCUT2D eigenvalue weighted by atomic mass is 79.9. The maximum atomic E-state index is 12.0. The van der Waals surface area contributed by atoms with E-state index in [4.69, 9.17) is 5.73 Å². The van der Waals surface area contributed by atoms with Crippen LogP contribution in [0.2, 0.25) is 0 Å². The van der Waals surface area contributed by atoms with E-state index in [0.29, 0.717) is 15.8 Å². The van der Waals surface area contributed by atoms with Crippen LogP contribution in [0.1, 0.15) is 0 Å². The summed E-state index contributed by atoms with van der Waals surface area (Å²) in [6.07, 6.45) is 1.36. The minimum atomic E-state index is -0.547. The van der Waals surface area contributed by atoms with E-state index in [1.807, 2.05) is 0 Å². The lowest BCUT2D eigenvalue weighted by Gasteiger charge is -2.09. The lowest BCUT2D eigenvalue weighted by atomic mass is 10.3. The van der Waals surface area contributed by atoms with Crippen molar-refractivity contribution in [2.45, 2.75) is 6.54 Å². The summed E-state index contributed by atoms with van der Waals surface area (Å²) in [7, 11) is 1.51. The Morgan fingerprint density at radius 2 is 2.05 bits per heavy atom. The molecule has 0 spiro atoms. The fourth-order valence-corrected chi connectivity index (χ4v) is 2.22. The van der Waals surface area contributed by atoms with Crippen molar-refractivity contribution in [1.82, 2.24) is 9.13 Å². The molecule has 1 aromatic heterocycles. The normalized spacial score (nSPS) is 10.4. The zero-order valence-corrected chi connectivity index (χ0v) is 12.8. The van der Waals surface area contributed by atoms with Crippen molar-refractivity contribution in [3.63, 3.8) is 0 Å². The number of carbonyl (C=O) groups excluding carboxylic acids is 1. The van der Waals surface area contributed by atoms with E-state index in [1.54, 1.807) is 18.2 Å². The van der Waals surface area contributed by atoms with E-state index in [1.165, 1.54) is 23.9 Å². The number of nitrogens with zero attached hydrogens (tertiary/aromatic N) is 2. The zero-order chi connectivity index (χ0) is 15.6. The van der Waals surface area contributed by atoms with Gasteiger partial charge < -0.3 is 15.6 Å². The van der Waals surface area contributed by atoms with Gasteiger partial charge in [-0.05, 0) is 34.1 Å². The molecule has 3 N–H and O–H groups in total. The monoisotopic (exact) mass is 352 g/mol. The van der Waals surface area contributed by atoms with Gasteiger partial charge in [-0.25, -0.2) is 4.79 Å². The molecule has 1 amide bonds. The molecule has 0 saturated carbocycles. The Kier molecular flexibility index (Phi) is 4.27. The van der Waals surface area contributed by atoms with Crippen LogP contribution >= 0.6 is 15.9 Å². The van der Waals surface area contributed by atoms with Crippen molar-refractivity contribution < 1.29 is 4.79 Å². The van der Waals surface area contributed by atoms with E-state index in [-0.39, 0.29) is 6.54 Å². The number of carbonyl (C=O) groups is 1. The van der Waals surface area contributed by atoms with Gasteiger partial charge in [0, 0.05) is 29.5 Å². The number of halogens is 1. The Hall–Kier alpha value is -2.35. The molecule has 0 radical (unpaired) electrons. The summed E-state index contributed by atoms with van der Waals surface area (Å²) in [5.41, 5.74) is 5.59. The van der Waals surface area contributed by atoms with Gasteiger partial charge in [-0.2, -0.15) is 0 Å². The number of aromatic nitrogens is 2. The molecule has 0 unspecified atom stereocenters. The van der Waals surface area contributed by atoms with Crippen molar-refractivity contribution in [2.75, 3.05) is 11.1 Å². The van der Waals surface area contributed by atoms with Crippen LogP contribution in [0.3, 0.4) is 0 Å². The largest absolute Gasteiger partial charge is 0.399 e. The van der Waals surface area contributed by atoms with E-state index in [9.17, 15) is 14.4 Å². The number of nitrogen functional groups attached to an aromatic ring is 1. The molecular weight excluding hydrogens is 340 g/mol. The molecule has 21 heavy (non-hydrogen) atoms. The Morgan fingerprint density at radius 3 is 2.71 bits per heavy atom. The molecule has 0 atom stereocenters. The Morgan fingerprint density at radius 1 is 1.33 bits per heavy atom. The number of hydrogen-bond donors (Lipinski definition) is 2. The van der Waals surface area contributed by atoms with Crippen LogP contribution < -0.4 is 22.3 Å². The molecule has 7 nitrogen and oxygen atoms in total. The quantitative estimate of drug-likeness (QED) is 0.787. The van der Waals surface area contributed by atoms with Crippen LogP contribution in [0, 0.1) is 0 Å². The van der Waals surface area contributed by atoms with Gasteiger partial charge in [0.05, 0.1) is 5.69 Å². The molecular formula is C13H13BrN4O3. The second-order valence-corrected chi connectivity index (χ2v) is 5.28. The molecule has 1 aromatic carbocycles. The molecule has 0 aliphatic rings. The number of nitrogens with two attached hydrogens (primary N) is 1. The zero-order valence-electron chi connectivity index (χ0n) is 11.2. The van der Waals surface area contributed by atoms with Gasteiger partial charge in [-0.15, -0.1) is 0 Å². The van der Waals surface area contributed by atoms with Gasteiger partial charge in [0.1, 0.15) is 6.54 Å². The predicted octanol–water partition coefficient (Wildman–Crippen LogP) is 0.530. The number of amides is 1. The summed E-state index contributed by atoms with van der Waals surface area (Å²) < 4.78 is 2.71. The average molecular weight is 353 g/mol. The van der Waals surface area contributed by atoms with E-state index >= 15 is 0 Å². The van der Waals surface area contributed by atoms with Gasteiger partial charge in [0.25, 0.3) is 5.56 Å². The third kappa shape index (κ3) is 3.40. The Balaban J connectivity index is 2.22. The molecule has 0 aliphatic carbocycles. The van der Waals surface area contributed by atoms with Crippen molar-refractivity contribution in [2.24, 2.45) is 7.05 Å². The van der Waals surface area contributed by atoms with Gasteiger partial charge in [0.15, 0.2) is 0 Å². The van der Waals surface area contributed by atoms with Gasteiger partial charge >= 0.3 is 5.69 Å². The average Bonchev–Trinajstić information content (AvgIpc) is 2.42. The first-order valence-corrected chi connectivity index (χ1v) is 6.79. The molecule has 1 heterocycles. The van der Waals surface area contributed by atoms with Crippen molar-refractivity contribution in [3.8, 4) is 0 Å². The standard InChI is InChI=1S/C13H13BrN4O3/c1-17-5-4-12(20)18(13(17)21)7-11(19)16-10-3-2-8(15)6-9(10)14/h2-6H,7,15H2,1H3,(H,16,19). The molecule has 2 rings (SSSR count). The smallest absolute Gasteiger partial charge is 0.331 e. The fourth-order valence-electron chi connectivity index (χ4n) is 1.73. The predicted molar refractivity (Wildman–Crippen MR) is 83.1 cm³/mol. The SMILES string of the molecule is Cn1ccc(=O)n(CC(=O)Nc2ccc(N)cc2Br)c1=O. The van der Waals surface area contributed by atoms with Crippen molar-refractivity contribution in [1.29, 1.82) is 0 Å². The Labute approximate surface area is 128 Å². The van der Waals surface area contributed by atoms with Crippen LogP contribution in [0.15, 0.2) is 44.5 Å². The lowest BCUT2D eigenvalue weighted by molar-refractivity contribution is -0.116. The summed E-state index contributed by atoms with van der Waals surface area (Å²) in [5, 5.41) is 2.61. The molecule has 2 aromatic rings. The molecule has 0 fully saturated rings. The molecule has 0 aliphatic heterocycles. The molecule has 0 bridgehead atoms. The first-order chi connectivity index (χ1) is 9.88. The summed E-state index contributed by atoms with van der Waals surface area (Å²) >= 11 is 3.27. The van der Waals surface area contributed by atoms with Crippen LogP contribution in [0.5, 0.6) is 0 Å². The first-order valence-electron chi connectivity index (χ1n) is 6.00. The number of benzene rings is 1. The van der Waals surface area contributed by atoms with Crippen molar-refractivity contribution in [3.05, 3.63) is 55.8 Å². The molecule has 110 valence electrons. The van der Waals surface area contributed by atoms with Gasteiger partial charge in [0.2, 0.25) is 5.91 Å². The topological polar surface area (TPSA) is 99.1 Å². The lowest BCUT2D eigenvalue weighted by Crippen LogP contribution is -2.40. The van der Waals surface area contributed by atoms with Gasteiger partial charge in [-0.3, -0.25) is 14.2 Å². The van der Waals surface area contributed by atoms with E-state index in [2.05, 4.69) is 21.2 Å². The highest BCUT2D eigenvalue weighted by Crippen LogP contribution is 2.24. The van der Waals surface area contributed by atoms with Crippen LogP contribution in [0.4, 0.5) is 11.4 Å². The maximum Gasteiger partial charge on any atom is 0.331 e. The molecule has 0 saturated heterocycles. The van der Waals surface area contributed by atoms with Gasteiger partial charge in [-0.1, -0.05) is 0 Å². The Bertz CT molecular complexity index is 810. The number of rotatable bonds is 3. The second-order valence-electron chi connectivity index (χ2n) is 4.42. The third-order valence-corrected chi connectivity index (χ3v) is 3.46. The minimum Gasteiger partial charge on any atom is -0.399 e. The number of nitrogens with one attached hydrogen (secondary N) is 1. The van der Waals surface area contributed by atoms with Crippen LogP contribution in [0.25, 0.3) is 0 Å². The number of hydrogen-bond acceptors (Lipinski definition) is 4. The second kappa shape index (κ2) is 5.96. The van der Waals surface area contributed by atoms with Crippen LogP contribution in [-0.2, 0) is 18.4 Å². The highest BCUT2D eigenvalue weighted by Gasteiger charge is 2.10. The summed E-state index contributed by atoms with van der Waals surface area (Å²) in [6, 6.07) is 6.13. The maximum absolute atomic E-state index is 12.0. The van der Waals surface area contributed by atoms with Crippen molar-refractivity contribution >= 4 is 33.2 Å². The fraction of sp³-hybridized carbons (Fsp3) is 0.154. The molecule has 8 heteroatoms.